The van der Waals surface area contributed by atoms with Crippen molar-refractivity contribution in [3.63, 3.8) is 0 Å². The lowest BCUT2D eigenvalue weighted by molar-refractivity contribution is -0.170. The van der Waals surface area contributed by atoms with Crippen molar-refractivity contribution in [1.29, 1.82) is 0 Å². The molecular formula is C27H44O5. The van der Waals surface area contributed by atoms with Crippen molar-refractivity contribution in [1.82, 2.24) is 0 Å². The van der Waals surface area contributed by atoms with E-state index in [2.05, 4.69) is 25.2 Å². The number of rotatable bonds is 16. The summed E-state index contributed by atoms with van der Waals surface area (Å²) >= 11 is 0. The van der Waals surface area contributed by atoms with Crippen LogP contribution in [0.5, 0.6) is 0 Å². The van der Waals surface area contributed by atoms with Crippen molar-refractivity contribution in [3.8, 4) is 0 Å². The number of ether oxygens (including phenoxy) is 3. The minimum atomic E-state index is -0.448. The van der Waals surface area contributed by atoms with E-state index in [4.69, 9.17) is 14.2 Å². The number of allylic oxidation sites excluding steroid dienone is 4. The number of carbonyl (C=O) groups is 2. The van der Waals surface area contributed by atoms with E-state index in [1.165, 1.54) is 25.7 Å². The summed E-state index contributed by atoms with van der Waals surface area (Å²) in [5.41, 5.74) is 0. The first-order chi connectivity index (χ1) is 15.5. The van der Waals surface area contributed by atoms with E-state index in [1.54, 1.807) is 6.08 Å². The quantitative estimate of drug-likeness (QED) is 0.157. The maximum Gasteiger partial charge on any atom is 0.306 e. The van der Waals surface area contributed by atoms with Gasteiger partial charge < -0.3 is 14.2 Å². The number of esters is 1. The predicted octanol–water partition coefficient (Wildman–Crippen LogP) is 6.31. The van der Waals surface area contributed by atoms with Gasteiger partial charge in [0.15, 0.2) is 11.6 Å². The first-order valence-corrected chi connectivity index (χ1v) is 12.8. The zero-order valence-corrected chi connectivity index (χ0v) is 20.5. The van der Waals surface area contributed by atoms with Crippen LogP contribution in [-0.4, -0.2) is 36.9 Å². The van der Waals surface area contributed by atoms with Crippen LogP contribution in [0.3, 0.4) is 0 Å². The molecule has 0 aromatic rings. The molecule has 0 spiro atoms. The van der Waals surface area contributed by atoms with Crippen molar-refractivity contribution in [2.45, 2.75) is 110 Å². The molecule has 5 nitrogen and oxygen atoms in total. The molecule has 0 radical (unpaired) electrons. The van der Waals surface area contributed by atoms with Gasteiger partial charge >= 0.3 is 5.97 Å². The standard InChI is InChI=1S/C27H44O5/c1-4-5-6-9-12-18-27(30-20-21-31-27)19-17-23-15-16-25(28)24(23)13-10-7-8-11-14-26(29)32-22(2)3/h7,10,15-16,22-24H,4-6,8-9,11-14,17-21H2,1-3H3/b10-7+. The van der Waals surface area contributed by atoms with Crippen LogP contribution in [0.15, 0.2) is 24.3 Å². The van der Waals surface area contributed by atoms with E-state index >= 15 is 0 Å². The van der Waals surface area contributed by atoms with Crippen molar-refractivity contribution in [2.75, 3.05) is 13.2 Å². The predicted molar refractivity (Wildman–Crippen MR) is 127 cm³/mol. The van der Waals surface area contributed by atoms with Crippen LogP contribution >= 0.6 is 0 Å². The topological polar surface area (TPSA) is 61.8 Å². The zero-order chi connectivity index (χ0) is 23.2. The Morgan fingerprint density at radius 1 is 1.12 bits per heavy atom. The molecule has 0 aromatic carbocycles. The monoisotopic (exact) mass is 448 g/mol. The van der Waals surface area contributed by atoms with Gasteiger partial charge in [0.1, 0.15) is 0 Å². The summed E-state index contributed by atoms with van der Waals surface area (Å²) in [5, 5.41) is 0. The lowest BCUT2D eigenvalue weighted by atomic mass is 9.86. The fourth-order valence-corrected chi connectivity index (χ4v) is 4.62. The van der Waals surface area contributed by atoms with Gasteiger partial charge in [0.05, 0.1) is 19.3 Å². The Labute approximate surface area is 195 Å². The molecule has 0 bridgehead atoms. The Hall–Kier alpha value is -1.46. The second-order valence-corrected chi connectivity index (χ2v) is 9.48. The molecule has 1 heterocycles. The molecule has 0 amide bonds. The van der Waals surface area contributed by atoms with Crippen molar-refractivity contribution in [3.05, 3.63) is 24.3 Å². The first kappa shape index (κ1) is 26.8. The van der Waals surface area contributed by atoms with E-state index in [9.17, 15) is 9.59 Å². The summed E-state index contributed by atoms with van der Waals surface area (Å²) in [5.74, 6) is -0.101. The Bertz CT molecular complexity index is 616. The van der Waals surface area contributed by atoms with E-state index in [-0.39, 0.29) is 29.7 Å². The number of ketones is 1. The van der Waals surface area contributed by atoms with Crippen LogP contribution in [0.1, 0.15) is 97.8 Å². The number of hydrogen-bond donors (Lipinski definition) is 0. The van der Waals surface area contributed by atoms with Crippen LogP contribution in [0.25, 0.3) is 0 Å². The van der Waals surface area contributed by atoms with Gasteiger partial charge in [-0.05, 0) is 57.9 Å². The summed E-state index contributed by atoms with van der Waals surface area (Å²) < 4.78 is 17.3. The molecule has 0 aromatic heterocycles. The molecule has 2 rings (SSSR count). The summed E-state index contributed by atoms with van der Waals surface area (Å²) in [4.78, 5) is 24.0. The second kappa shape index (κ2) is 14.6. The Balaban J connectivity index is 1.73. The highest BCUT2D eigenvalue weighted by molar-refractivity contribution is 5.94. The van der Waals surface area contributed by atoms with Crippen LogP contribution in [-0.2, 0) is 23.8 Å². The fraction of sp³-hybridized carbons (Fsp3) is 0.778. The summed E-state index contributed by atoms with van der Waals surface area (Å²) in [6.07, 6.45) is 19.6. The van der Waals surface area contributed by atoms with Crippen LogP contribution < -0.4 is 0 Å². The lowest BCUT2D eigenvalue weighted by Gasteiger charge is -2.29. The van der Waals surface area contributed by atoms with Gasteiger partial charge in [0.25, 0.3) is 0 Å². The molecule has 5 heteroatoms. The molecule has 0 N–H and O–H groups in total. The number of unbranched alkanes of at least 4 members (excludes halogenated alkanes) is 5. The highest BCUT2D eigenvalue weighted by Gasteiger charge is 2.38. The van der Waals surface area contributed by atoms with Crippen molar-refractivity contribution >= 4 is 11.8 Å². The Kier molecular flexibility index (Phi) is 12.3. The lowest BCUT2D eigenvalue weighted by Crippen LogP contribution is -2.31. The van der Waals surface area contributed by atoms with Gasteiger partial charge in [-0.3, -0.25) is 9.59 Å². The molecular weight excluding hydrogens is 404 g/mol. The molecule has 0 saturated carbocycles. The van der Waals surface area contributed by atoms with E-state index in [0.29, 0.717) is 19.6 Å². The van der Waals surface area contributed by atoms with Gasteiger partial charge in [-0.25, -0.2) is 0 Å². The second-order valence-electron chi connectivity index (χ2n) is 9.48. The van der Waals surface area contributed by atoms with Crippen LogP contribution in [0, 0.1) is 11.8 Å². The average molecular weight is 449 g/mol. The minimum absolute atomic E-state index is 0.0140. The Morgan fingerprint density at radius 2 is 1.88 bits per heavy atom. The SMILES string of the molecule is CCCCCCCC1(CCC2C=CC(=O)C2C/C=C/CCCC(=O)OC(C)C)OCCO1. The highest BCUT2D eigenvalue weighted by atomic mass is 16.7. The molecule has 1 aliphatic carbocycles. The number of carbonyl (C=O) groups excluding carboxylic acids is 2. The molecule has 1 aliphatic heterocycles. The van der Waals surface area contributed by atoms with Gasteiger partial charge in [-0.15, -0.1) is 0 Å². The van der Waals surface area contributed by atoms with E-state index in [0.717, 1.165) is 44.9 Å². The maximum absolute atomic E-state index is 12.4. The first-order valence-electron chi connectivity index (χ1n) is 12.8. The number of hydrogen-bond acceptors (Lipinski definition) is 5. The highest BCUT2D eigenvalue weighted by Crippen LogP contribution is 2.36. The van der Waals surface area contributed by atoms with Gasteiger partial charge in [0.2, 0.25) is 0 Å². The Morgan fingerprint density at radius 3 is 2.59 bits per heavy atom. The van der Waals surface area contributed by atoms with Crippen molar-refractivity contribution < 1.29 is 23.8 Å². The molecule has 182 valence electrons. The molecule has 1 fully saturated rings. The normalized spacial score (nSPS) is 22.4. The summed E-state index contributed by atoms with van der Waals surface area (Å²) in [6, 6.07) is 0. The third-order valence-electron chi connectivity index (χ3n) is 6.40. The summed E-state index contributed by atoms with van der Waals surface area (Å²) in [6.45, 7) is 7.30. The third-order valence-corrected chi connectivity index (χ3v) is 6.40. The maximum atomic E-state index is 12.4. The van der Waals surface area contributed by atoms with Gasteiger partial charge in [0, 0.05) is 25.2 Å². The van der Waals surface area contributed by atoms with E-state index in [1.807, 2.05) is 13.8 Å². The van der Waals surface area contributed by atoms with Gasteiger partial charge in [-0.1, -0.05) is 50.8 Å². The third kappa shape index (κ3) is 9.58. The summed E-state index contributed by atoms with van der Waals surface area (Å²) in [7, 11) is 0. The largest absolute Gasteiger partial charge is 0.463 e. The molecule has 2 atom stereocenters. The average Bonchev–Trinajstić information content (AvgIpc) is 3.36. The molecule has 2 unspecified atom stereocenters. The fourth-order valence-electron chi connectivity index (χ4n) is 4.62. The van der Waals surface area contributed by atoms with Crippen LogP contribution in [0.4, 0.5) is 0 Å². The van der Waals surface area contributed by atoms with Crippen molar-refractivity contribution in [2.24, 2.45) is 11.8 Å². The molecule has 1 saturated heterocycles. The van der Waals surface area contributed by atoms with E-state index < -0.39 is 5.79 Å². The van der Waals surface area contributed by atoms with Crippen LogP contribution in [0.2, 0.25) is 0 Å². The minimum Gasteiger partial charge on any atom is -0.463 e. The molecule has 2 aliphatic rings. The smallest absolute Gasteiger partial charge is 0.306 e. The molecule has 32 heavy (non-hydrogen) atoms. The van der Waals surface area contributed by atoms with Gasteiger partial charge in [-0.2, -0.15) is 0 Å². The zero-order valence-electron chi connectivity index (χ0n) is 20.5.